The van der Waals surface area contributed by atoms with Crippen molar-refractivity contribution < 1.29 is 14.3 Å². The molecule has 0 saturated heterocycles. The molecule has 2 amide bonds. The number of hydrogen-bond acceptors (Lipinski definition) is 4. The van der Waals surface area contributed by atoms with Gasteiger partial charge in [-0.3, -0.25) is 10.2 Å². The number of carbonyl (C=O) groups excluding carboxylic acids is 2. The number of amides is 2. The SMILES string of the molecule is NNC(=O)[C@H](CC1CCCCC1)NC(=O)OCc1ccccc1. The van der Waals surface area contributed by atoms with Crippen LogP contribution in [0.1, 0.15) is 44.1 Å². The Kier molecular flexibility index (Phi) is 6.87. The third kappa shape index (κ3) is 5.90. The Bertz CT molecular complexity index is 501. The second kappa shape index (κ2) is 9.15. The van der Waals surface area contributed by atoms with Gasteiger partial charge >= 0.3 is 6.09 Å². The molecule has 0 radical (unpaired) electrons. The first-order chi connectivity index (χ1) is 11.2. The zero-order valence-electron chi connectivity index (χ0n) is 13.3. The van der Waals surface area contributed by atoms with Gasteiger partial charge in [0.1, 0.15) is 12.6 Å². The van der Waals surface area contributed by atoms with Gasteiger partial charge in [-0.1, -0.05) is 62.4 Å². The summed E-state index contributed by atoms with van der Waals surface area (Å²) in [4.78, 5) is 23.8. The highest BCUT2D eigenvalue weighted by Crippen LogP contribution is 2.27. The minimum Gasteiger partial charge on any atom is -0.445 e. The summed E-state index contributed by atoms with van der Waals surface area (Å²) in [5, 5.41) is 2.63. The zero-order valence-corrected chi connectivity index (χ0v) is 13.3. The minimum absolute atomic E-state index is 0.174. The molecule has 23 heavy (non-hydrogen) atoms. The van der Waals surface area contributed by atoms with Gasteiger partial charge in [0.25, 0.3) is 5.91 Å². The first-order valence-corrected chi connectivity index (χ1v) is 8.16. The quantitative estimate of drug-likeness (QED) is 0.426. The van der Waals surface area contributed by atoms with Gasteiger partial charge in [-0.15, -0.1) is 0 Å². The minimum atomic E-state index is -0.647. The maximum atomic E-state index is 11.9. The summed E-state index contributed by atoms with van der Waals surface area (Å²) >= 11 is 0. The van der Waals surface area contributed by atoms with Crippen molar-refractivity contribution in [3.05, 3.63) is 35.9 Å². The average Bonchev–Trinajstić information content (AvgIpc) is 2.60. The molecule has 126 valence electrons. The molecule has 6 heteroatoms. The van der Waals surface area contributed by atoms with Crippen molar-refractivity contribution in [2.45, 2.75) is 51.2 Å². The largest absolute Gasteiger partial charge is 0.445 e. The van der Waals surface area contributed by atoms with Gasteiger partial charge in [-0.25, -0.2) is 10.6 Å². The molecule has 0 unspecified atom stereocenters. The van der Waals surface area contributed by atoms with Crippen LogP contribution < -0.4 is 16.6 Å². The Balaban J connectivity index is 1.83. The highest BCUT2D eigenvalue weighted by atomic mass is 16.5. The number of benzene rings is 1. The normalized spacial score (nSPS) is 16.4. The van der Waals surface area contributed by atoms with E-state index in [0.29, 0.717) is 12.3 Å². The number of nitrogens with one attached hydrogen (secondary N) is 2. The van der Waals surface area contributed by atoms with Crippen LogP contribution in [0.25, 0.3) is 0 Å². The van der Waals surface area contributed by atoms with Crippen LogP contribution in [0.15, 0.2) is 30.3 Å². The smallest absolute Gasteiger partial charge is 0.408 e. The van der Waals surface area contributed by atoms with Crippen LogP contribution >= 0.6 is 0 Å². The van der Waals surface area contributed by atoms with Crippen LogP contribution in [0.4, 0.5) is 4.79 Å². The molecule has 1 saturated carbocycles. The molecule has 0 bridgehead atoms. The number of rotatable bonds is 6. The molecular formula is C17H25N3O3. The molecule has 1 aromatic carbocycles. The van der Waals surface area contributed by atoms with E-state index in [-0.39, 0.29) is 12.5 Å². The molecule has 1 aromatic rings. The molecule has 4 N–H and O–H groups in total. The number of ether oxygens (including phenoxy) is 1. The molecule has 0 spiro atoms. The molecule has 1 atom stereocenters. The second-order valence-corrected chi connectivity index (χ2v) is 6.01. The van der Waals surface area contributed by atoms with E-state index in [0.717, 1.165) is 18.4 Å². The highest BCUT2D eigenvalue weighted by Gasteiger charge is 2.25. The van der Waals surface area contributed by atoms with E-state index in [1.165, 1.54) is 19.3 Å². The molecule has 0 heterocycles. The molecule has 1 aliphatic rings. The maximum absolute atomic E-state index is 11.9. The van der Waals surface area contributed by atoms with Gasteiger partial charge < -0.3 is 10.1 Å². The van der Waals surface area contributed by atoms with Crippen LogP contribution in [-0.4, -0.2) is 18.0 Å². The van der Waals surface area contributed by atoms with Crippen molar-refractivity contribution in [1.29, 1.82) is 0 Å². The predicted octanol–water partition coefficient (Wildman–Crippen LogP) is 2.24. The van der Waals surface area contributed by atoms with Crippen molar-refractivity contribution in [2.75, 3.05) is 0 Å². The topological polar surface area (TPSA) is 93.5 Å². The predicted molar refractivity (Wildman–Crippen MR) is 87.1 cm³/mol. The summed E-state index contributed by atoms with van der Waals surface area (Å²) in [6.45, 7) is 0.174. The van der Waals surface area contributed by atoms with Crippen molar-refractivity contribution in [3.63, 3.8) is 0 Å². The van der Waals surface area contributed by atoms with Crippen molar-refractivity contribution in [2.24, 2.45) is 11.8 Å². The Morgan fingerprint density at radius 1 is 1.17 bits per heavy atom. The van der Waals surface area contributed by atoms with Crippen LogP contribution in [0.2, 0.25) is 0 Å². The van der Waals surface area contributed by atoms with E-state index >= 15 is 0 Å². The lowest BCUT2D eigenvalue weighted by atomic mass is 9.84. The van der Waals surface area contributed by atoms with Gasteiger partial charge in [0.2, 0.25) is 0 Å². The van der Waals surface area contributed by atoms with Crippen molar-refractivity contribution >= 4 is 12.0 Å². The summed E-state index contributed by atoms with van der Waals surface area (Å²) in [5.74, 6) is 5.29. The Hall–Kier alpha value is -2.08. The molecule has 2 rings (SSSR count). The summed E-state index contributed by atoms with van der Waals surface area (Å²) in [6, 6.07) is 8.76. The molecule has 6 nitrogen and oxygen atoms in total. The number of alkyl carbamates (subject to hydrolysis) is 1. The summed E-state index contributed by atoms with van der Waals surface area (Å²) < 4.78 is 5.17. The van der Waals surface area contributed by atoms with Gasteiger partial charge in [0, 0.05) is 0 Å². The van der Waals surface area contributed by atoms with Gasteiger partial charge in [0.15, 0.2) is 0 Å². The standard InChI is InChI=1S/C17H25N3O3/c18-20-16(21)15(11-13-7-3-1-4-8-13)19-17(22)23-12-14-9-5-2-6-10-14/h2,5-6,9-10,13,15H,1,3-4,7-8,11-12,18H2,(H,19,22)(H,20,21)/t15-/m0/s1. The highest BCUT2D eigenvalue weighted by molar-refractivity contribution is 5.85. The van der Waals surface area contributed by atoms with Crippen LogP contribution in [-0.2, 0) is 16.1 Å². The third-order valence-corrected chi connectivity index (χ3v) is 4.26. The average molecular weight is 319 g/mol. The molecule has 1 fully saturated rings. The van der Waals surface area contributed by atoms with Crippen LogP contribution in [0.5, 0.6) is 0 Å². The lowest BCUT2D eigenvalue weighted by molar-refractivity contribution is -0.123. The van der Waals surface area contributed by atoms with E-state index in [1.54, 1.807) is 0 Å². The molecule has 0 aliphatic heterocycles. The zero-order chi connectivity index (χ0) is 16.5. The Labute approximate surface area is 136 Å². The fraction of sp³-hybridized carbons (Fsp3) is 0.529. The first kappa shape index (κ1) is 17.3. The van der Waals surface area contributed by atoms with Gasteiger partial charge in [0.05, 0.1) is 0 Å². The molecular weight excluding hydrogens is 294 g/mol. The maximum Gasteiger partial charge on any atom is 0.408 e. The van der Waals surface area contributed by atoms with Gasteiger partial charge in [-0.2, -0.15) is 0 Å². The third-order valence-electron chi connectivity index (χ3n) is 4.26. The molecule has 0 aromatic heterocycles. The number of hydrogen-bond donors (Lipinski definition) is 3. The second-order valence-electron chi connectivity index (χ2n) is 6.01. The molecule has 1 aliphatic carbocycles. The summed E-state index contributed by atoms with van der Waals surface area (Å²) in [5.41, 5.74) is 3.02. The first-order valence-electron chi connectivity index (χ1n) is 8.16. The number of carbonyl (C=O) groups is 2. The Morgan fingerprint density at radius 2 is 1.87 bits per heavy atom. The summed E-state index contributed by atoms with van der Waals surface area (Å²) in [7, 11) is 0. The fourth-order valence-electron chi connectivity index (χ4n) is 3.00. The van der Waals surface area contributed by atoms with Crippen molar-refractivity contribution in [1.82, 2.24) is 10.7 Å². The van der Waals surface area contributed by atoms with Crippen LogP contribution in [0, 0.1) is 5.92 Å². The number of nitrogens with two attached hydrogens (primary N) is 1. The Morgan fingerprint density at radius 3 is 2.52 bits per heavy atom. The lowest BCUT2D eigenvalue weighted by Gasteiger charge is -2.26. The number of hydrazine groups is 1. The van der Waals surface area contributed by atoms with E-state index in [9.17, 15) is 9.59 Å². The summed E-state index contributed by atoms with van der Waals surface area (Å²) in [6.07, 6.45) is 5.79. The van der Waals surface area contributed by atoms with Gasteiger partial charge in [-0.05, 0) is 17.9 Å². The monoisotopic (exact) mass is 319 g/mol. The van der Waals surface area contributed by atoms with E-state index in [4.69, 9.17) is 10.6 Å². The lowest BCUT2D eigenvalue weighted by Crippen LogP contribution is -2.49. The van der Waals surface area contributed by atoms with Crippen LogP contribution in [0.3, 0.4) is 0 Å². The van der Waals surface area contributed by atoms with E-state index in [1.807, 2.05) is 30.3 Å². The van der Waals surface area contributed by atoms with E-state index in [2.05, 4.69) is 10.7 Å². The van der Waals surface area contributed by atoms with E-state index < -0.39 is 12.1 Å². The fourth-order valence-corrected chi connectivity index (χ4v) is 3.00. The van der Waals surface area contributed by atoms with Crippen molar-refractivity contribution in [3.8, 4) is 0 Å².